The van der Waals surface area contributed by atoms with E-state index < -0.39 is 0 Å². The third-order valence-corrected chi connectivity index (χ3v) is 7.47. The Kier molecular flexibility index (Phi) is 7.55. The van der Waals surface area contributed by atoms with E-state index in [0.717, 1.165) is 51.3 Å². The minimum atomic E-state index is -0.354. The molecule has 0 bridgehead atoms. The molecule has 1 saturated heterocycles. The van der Waals surface area contributed by atoms with Crippen molar-refractivity contribution < 1.29 is 18.7 Å². The average molecular weight is 565 g/mol. The second-order valence-electron chi connectivity index (χ2n) is 10.1. The van der Waals surface area contributed by atoms with Gasteiger partial charge in [-0.05, 0) is 49.6 Å². The van der Waals surface area contributed by atoms with Crippen LogP contribution in [0.3, 0.4) is 0 Å². The van der Waals surface area contributed by atoms with E-state index >= 15 is 0 Å². The van der Waals surface area contributed by atoms with Crippen molar-refractivity contribution in [2.45, 2.75) is 25.8 Å². The summed E-state index contributed by atoms with van der Waals surface area (Å²) >= 11 is 6.55. The lowest BCUT2D eigenvalue weighted by molar-refractivity contribution is 0.0398. The van der Waals surface area contributed by atoms with Crippen LogP contribution < -0.4 is 15.4 Å². The first kappa shape index (κ1) is 26.5. The van der Waals surface area contributed by atoms with Gasteiger partial charge in [0.25, 0.3) is 5.91 Å². The Labute approximate surface area is 236 Å². The molecule has 6 rings (SSSR count). The van der Waals surface area contributed by atoms with Gasteiger partial charge in [0.15, 0.2) is 5.65 Å². The fraction of sp³-hybridized carbons (Fsp3) is 0.345. The number of carbonyl (C=O) groups is 1. The van der Waals surface area contributed by atoms with Crippen molar-refractivity contribution in [2.75, 3.05) is 44.7 Å². The maximum absolute atomic E-state index is 14.2. The van der Waals surface area contributed by atoms with Gasteiger partial charge in [0.2, 0.25) is 5.88 Å². The Balaban J connectivity index is 1.33. The lowest BCUT2D eigenvalue weighted by Crippen LogP contribution is -2.39. The van der Waals surface area contributed by atoms with Crippen molar-refractivity contribution in [1.29, 1.82) is 0 Å². The van der Waals surface area contributed by atoms with Crippen LogP contribution in [0.5, 0.6) is 11.6 Å². The van der Waals surface area contributed by atoms with Crippen molar-refractivity contribution >= 4 is 29.0 Å². The molecule has 208 valence electrons. The number of halogens is 2. The molecule has 11 heteroatoms. The van der Waals surface area contributed by atoms with Crippen LogP contribution in [0, 0.1) is 12.7 Å². The minimum Gasteiger partial charge on any atom is -0.438 e. The summed E-state index contributed by atoms with van der Waals surface area (Å²) in [5.74, 6) is 0.826. The zero-order valence-corrected chi connectivity index (χ0v) is 22.9. The molecule has 0 spiro atoms. The molecule has 1 aliphatic carbocycles. The van der Waals surface area contributed by atoms with E-state index in [1.807, 2.05) is 6.07 Å². The van der Waals surface area contributed by atoms with Crippen LogP contribution in [-0.4, -0.2) is 70.8 Å². The van der Waals surface area contributed by atoms with Crippen LogP contribution in [0.15, 0.2) is 48.7 Å². The highest BCUT2D eigenvalue weighted by molar-refractivity contribution is 6.34. The molecule has 1 saturated carbocycles. The van der Waals surface area contributed by atoms with Gasteiger partial charge in [-0.25, -0.2) is 4.39 Å². The van der Waals surface area contributed by atoms with Crippen LogP contribution in [-0.2, 0) is 4.74 Å². The van der Waals surface area contributed by atoms with E-state index in [1.54, 1.807) is 48.0 Å². The van der Waals surface area contributed by atoms with E-state index in [4.69, 9.17) is 26.1 Å². The molecular weight excluding hydrogens is 535 g/mol. The predicted molar refractivity (Wildman–Crippen MR) is 151 cm³/mol. The second-order valence-corrected chi connectivity index (χ2v) is 10.5. The van der Waals surface area contributed by atoms with Gasteiger partial charge in [-0.1, -0.05) is 23.7 Å². The van der Waals surface area contributed by atoms with E-state index in [2.05, 4.69) is 20.6 Å². The Morgan fingerprint density at radius 3 is 2.80 bits per heavy atom. The molecule has 2 aliphatic rings. The number of morpholine rings is 1. The number of nitrogens with one attached hydrogen (secondary N) is 2. The Bertz CT molecular complexity index is 1550. The highest BCUT2D eigenvalue weighted by atomic mass is 35.5. The summed E-state index contributed by atoms with van der Waals surface area (Å²) in [4.78, 5) is 19.6. The van der Waals surface area contributed by atoms with Gasteiger partial charge in [-0.15, -0.1) is 0 Å². The molecule has 40 heavy (non-hydrogen) atoms. The number of hydrogen-bond donors (Lipinski definition) is 2. The summed E-state index contributed by atoms with van der Waals surface area (Å²) in [5, 5.41) is 11.4. The zero-order valence-electron chi connectivity index (χ0n) is 22.1. The molecule has 9 nitrogen and oxygen atoms in total. The smallest absolute Gasteiger partial charge is 0.253 e. The maximum Gasteiger partial charge on any atom is 0.253 e. The van der Waals surface area contributed by atoms with Gasteiger partial charge < -0.3 is 20.1 Å². The van der Waals surface area contributed by atoms with E-state index in [0.29, 0.717) is 51.4 Å². The third kappa shape index (κ3) is 5.74. The summed E-state index contributed by atoms with van der Waals surface area (Å²) in [5.41, 5.74) is 2.83. The number of anilines is 1. The van der Waals surface area contributed by atoms with Crippen molar-refractivity contribution in [1.82, 2.24) is 24.8 Å². The number of ether oxygens (including phenoxy) is 2. The van der Waals surface area contributed by atoms with Crippen LogP contribution in [0.4, 0.5) is 10.2 Å². The second kappa shape index (κ2) is 11.4. The standard InChI is InChI=1S/C29H30ClFN6O3/c1-18-24(31)3-2-4-25(18)40-27-16-26(32-9-10-36-11-13-39-14-12-36)37-28(35-27)22(17-33-37)19-5-8-21(23(30)15-19)29(38)34-20-6-7-20/h2-5,8,15-17,20,32H,6-7,9-14H2,1H3,(H,34,38). The van der Waals surface area contributed by atoms with Crippen molar-refractivity contribution in [2.24, 2.45) is 0 Å². The normalized spacial score (nSPS) is 15.8. The fourth-order valence-electron chi connectivity index (χ4n) is 4.66. The van der Waals surface area contributed by atoms with Crippen molar-refractivity contribution in [3.8, 4) is 22.8 Å². The first-order valence-corrected chi connectivity index (χ1v) is 13.8. The van der Waals surface area contributed by atoms with E-state index in [1.165, 1.54) is 6.07 Å². The molecule has 4 aromatic rings. The number of hydrogen-bond acceptors (Lipinski definition) is 7. The van der Waals surface area contributed by atoms with Gasteiger partial charge in [-0.2, -0.15) is 14.6 Å². The number of rotatable bonds is 9. The molecule has 1 amide bonds. The summed E-state index contributed by atoms with van der Waals surface area (Å²) in [6.45, 7) is 6.42. The molecule has 1 aliphatic heterocycles. The van der Waals surface area contributed by atoms with Crippen molar-refractivity contribution in [3.05, 3.63) is 70.6 Å². The number of amides is 1. The first-order chi connectivity index (χ1) is 19.5. The van der Waals surface area contributed by atoms with Gasteiger partial charge in [0.05, 0.1) is 30.0 Å². The first-order valence-electron chi connectivity index (χ1n) is 13.4. The number of aromatic nitrogens is 3. The number of nitrogens with zero attached hydrogens (tertiary/aromatic N) is 4. The molecule has 0 atom stereocenters. The van der Waals surface area contributed by atoms with E-state index in [9.17, 15) is 9.18 Å². The topological polar surface area (TPSA) is 93.0 Å². The van der Waals surface area contributed by atoms with E-state index in [-0.39, 0.29) is 17.8 Å². The van der Waals surface area contributed by atoms with Crippen LogP contribution >= 0.6 is 11.6 Å². The molecule has 2 fully saturated rings. The van der Waals surface area contributed by atoms with Gasteiger partial charge in [0.1, 0.15) is 17.4 Å². The van der Waals surface area contributed by atoms with Crippen LogP contribution in [0.25, 0.3) is 16.8 Å². The maximum atomic E-state index is 14.2. The summed E-state index contributed by atoms with van der Waals surface area (Å²) in [6, 6.07) is 12.0. The summed E-state index contributed by atoms with van der Waals surface area (Å²) < 4.78 is 27.4. The SMILES string of the molecule is Cc1c(F)cccc1Oc1cc(NCCN2CCOCC2)n2ncc(-c3ccc(C(=O)NC4CC4)c(Cl)c3)c2n1. The highest BCUT2D eigenvalue weighted by Gasteiger charge is 2.25. The van der Waals surface area contributed by atoms with Crippen molar-refractivity contribution in [3.63, 3.8) is 0 Å². The van der Waals surface area contributed by atoms with Gasteiger partial charge in [-0.3, -0.25) is 9.69 Å². The molecule has 2 aromatic carbocycles. The molecule has 0 radical (unpaired) electrons. The van der Waals surface area contributed by atoms with Crippen LogP contribution in [0.1, 0.15) is 28.8 Å². The zero-order chi connectivity index (χ0) is 27.6. The summed E-state index contributed by atoms with van der Waals surface area (Å²) in [6.07, 6.45) is 3.71. The minimum absolute atomic E-state index is 0.176. The lowest BCUT2D eigenvalue weighted by atomic mass is 10.1. The Hall–Kier alpha value is -3.73. The highest BCUT2D eigenvalue weighted by Crippen LogP contribution is 2.33. The van der Waals surface area contributed by atoms with Gasteiger partial charge in [0, 0.05) is 49.4 Å². The number of carbonyl (C=O) groups excluding carboxylic acids is 1. The molecule has 2 aromatic heterocycles. The quantitative estimate of drug-likeness (QED) is 0.298. The summed E-state index contributed by atoms with van der Waals surface area (Å²) in [7, 11) is 0. The third-order valence-electron chi connectivity index (χ3n) is 7.16. The average Bonchev–Trinajstić information content (AvgIpc) is 3.66. The lowest BCUT2D eigenvalue weighted by Gasteiger charge is -2.26. The number of fused-ring (bicyclic) bond motifs is 1. The predicted octanol–water partition coefficient (Wildman–Crippen LogP) is 4.93. The largest absolute Gasteiger partial charge is 0.438 e. The number of benzene rings is 2. The van der Waals surface area contributed by atoms with Crippen LogP contribution in [0.2, 0.25) is 5.02 Å². The molecule has 0 unspecified atom stereocenters. The fourth-order valence-corrected chi connectivity index (χ4v) is 4.92. The molecule has 3 heterocycles. The van der Waals surface area contributed by atoms with Gasteiger partial charge >= 0.3 is 0 Å². The Morgan fingerprint density at radius 1 is 1.20 bits per heavy atom. The molecular formula is C29H30ClFN6O3. The Morgan fingerprint density at radius 2 is 2.02 bits per heavy atom. The molecule has 2 N–H and O–H groups in total. The monoisotopic (exact) mass is 564 g/mol.